The van der Waals surface area contributed by atoms with Gasteiger partial charge in [0.1, 0.15) is 6.54 Å². The maximum atomic E-state index is 12.3. The van der Waals surface area contributed by atoms with Crippen LogP contribution in [0.25, 0.3) is 0 Å². The van der Waals surface area contributed by atoms with Crippen LogP contribution in [0.2, 0.25) is 0 Å². The van der Waals surface area contributed by atoms with Gasteiger partial charge in [-0.1, -0.05) is 6.42 Å². The minimum atomic E-state index is -0.532. The molecule has 2 saturated heterocycles. The molecule has 1 N–H and O–H groups in total. The van der Waals surface area contributed by atoms with Crippen molar-refractivity contribution in [2.75, 3.05) is 19.6 Å². The van der Waals surface area contributed by atoms with Crippen LogP contribution in [-0.2, 0) is 11.3 Å². The highest BCUT2D eigenvalue weighted by Crippen LogP contribution is 2.24. The molecule has 0 radical (unpaired) electrons. The summed E-state index contributed by atoms with van der Waals surface area (Å²) in [6.07, 6.45) is 5.21. The number of piperidine rings is 1. The van der Waals surface area contributed by atoms with Crippen LogP contribution in [0.5, 0.6) is 0 Å². The van der Waals surface area contributed by atoms with Crippen molar-refractivity contribution in [2.24, 2.45) is 0 Å². The fourth-order valence-corrected chi connectivity index (χ4v) is 3.51. The minimum absolute atomic E-state index is 0.0152. The molecule has 23 heavy (non-hydrogen) atoms. The lowest BCUT2D eigenvalue weighted by Gasteiger charge is -2.49. The van der Waals surface area contributed by atoms with E-state index in [9.17, 15) is 14.4 Å². The number of amides is 1. The lowest BCUT2D eigenvalue weighted by Crippen LogP contribution is -2.64. The first kappa shape index (κ1) is 16.0. The normalized spacial score (nSPS) is 22.9. The van der Waals surface area contributed by atoms with Gasteiger partial charge in [0.15, 0.2) is 0 Å². The van der Waals surface area contributed by atoms with Crippen molar-refractivity contribution < 1.29 is 4.79 Å². The van der Waals surface area contributed by atoms with Crippen molar-refractivity contribution in [1.82, 2.24) is 19.4 Å². The van der Waals surface area contributed by atoms with E-state index in [1.165, 1.54) is 30.0 Å². The zero-order valence-corrected chi connectivity index (χ0v) is 13.7. The summed E-state index contributed by atoms with van der Waals surface area (Å²) in [4.78, 5) is 41.9. The Kier molecular flexibility index (Phi) is 4.39. The summed E-state index contributed by atoms with van der Waals surface area (Å²) < 4.78 is 1.27. The predicted octanol–water partition coefficient (Wildman–Crippen LogP) is -0.0698. The number of aromatic amines is 1. The Bertz CT molecular complexity index is 702. The summed E-state index contributed by atoms with van der Waals surface area (Å²) in [5.41, 5.74) is -0.501. The van der Waals surface area contributed by atoms with E-state index in [4.69, 9.17) is 0 Å². The Balaban J connectivity index is 1.58. The topological polar surface area (TPSA) is 78.4 Å². The first-order valence-corrected chi connectivity index (χ1v) is 8.29. The summed E-state index contributed by atoms with van der Waals surface area (Å²) >= 11 is 0. The van der Waals surface area contributed by atoms with Gasteiger partial charge in [0.05, 0.1) is 0 Å². The number of hydrogen-bond donors (Lipinski definition) is 1. The molecule has 1 aromatic rings. The fourth-order valence-electron chi connectivity index (χ4n) is 3.51. The number of nitrogens with zero attached hydrogens (tertiary/aromatic N) is 3. The minimum Gasteiger partial charge on any atom is -0.338 e. The van der Waals surface area contributed by atoms with Gasteiger partial charge in [-0.15, -0.1) is 0 Å². The average molecular weight is 320 g/mol. The molecule has 2 aliphatic rings. The smallest absolute Gasteiger partial charge is 0.328 e. The van der Waals surface area contributed by atoms with Crippen LogP contribution >= 0.6 is 0 Å². The summed E-state index contributed by atoms with van der Waals surface area (Å²) in [6, 6.07) is 1.04. The molecule has 1 atom stereocenters. The van der Waals surface area contributed by atoms with Gasteiger partial charge in [0, 0.05) is 36.9 Å². The van der Waals surface area contributed by atoms with Gasteiger partial charge in [-0.25, -0.2) is 4.79 Å². The second-order valence-corrected chi connectivity index (χ2v) is 6.73. The maximum Gasteiger partial charge on any atom is 0.328 e. The van der Waals surface area contributed by atoms with Gasteiger partial charge in [-0.2, -0.15) is 0 Å². The number of carbonyl (C=O) groups is 1. The molecule has 0 aliphatic carbocycles. The molecule has 7 heteroatoms. The first-order valence-electron chi connectivity index (χ1n) is 8.29. The van der Waals surface area contributed by atoms with E-state index in [0.29, 0.717) is 17.6 Å². The van der Waals surface area contributed by atoms with Gasteiger partial charge in [0.2, 0.25) is 5.91 Å². The summed E-state index contributed by atoms with van der Waals surface area (Å²) in [6.45, 7) is 6.45. The Labute approximate surface area is 134 Å². The van der Waals surface area contributed by atoms with E-state index in [0.717, 1.165) is 19.6 Å². The molecule has 7 nitrogen and oxygen atoms in total. The van der Waals surface area contributed by atoms with Crippen molar-refractivity contribution in [3.05, 3.63) is 32.6 Å². The van der Waals surface area contributed by atoms with Crippen molar-refractivity contribution in [3.63, 3.8) is 0 Å². The number of H-pyrrole nitrogens is 1. The Morgan fingerprint density at radius 1 is 1.30 bits per heavy atom. The molecular weight excluding hydrogens is 296 g/mol. The quantitative estimate of drug-likeness (QED) is 0.846. The molecule has 2 aliphatic heterocycles. The third kappa shape index (κ3) is 3.24. The Morgan fingerprint density at radius 2 is 2.04 bits per heavy atom. The number of aryl methyl sites for hydroxylation is 1. The van der Waals surface area contributed by atoms with E-state index >= 15 is 0 Å². The van der Waals surface area contributed by atoms with E-state index in [1.807, 2.05) is 0 Å². The SMILES string of the molecule is Cc1cn(CC(=O)N2CC(N3CCCC[C@H]3C)C2)c(=O)[nH]c1=O. The van der Waals surface area contributed by atoms with Crippen LogP contribution in [0.1, 0.15) is 31.7 Å². The molecule has 2 fully saturated rings. The third-order valence-electron chi connectivity index (χ3n) is 5.03. The van der Waals surface area contributed by atoms with Crippen LogP contribution in [0.4, 0.5) is 0 Å². The van der Waals surface area contributed by atoms with E-state index in [1.54, 1.807) is 11.8 Å². The zero-order chi connectivity index (χ0) is 16.6. The van der Waals surface area contributed by atoms with E-state index < -0.39 is 11.2 Å². The number of nitrogens with one attached hydrogen (secondary N) is 1. The average Bonchev–Trinajstić information content (AvgIpc) is 2.45. The number of aromatic nitrogens is 2. The second kappa shape index (κ2) is 6.31. The molecule has 0 unspecified atom stereocenters. The first-order chi connectivity index (χ1) is 11.0. The molecule has 1 amide bonds. The van der Waals surface area contributed by atoms with Crippen LogP contribution in [0.3, 0.4) is 0 Å². The maximum absolute atomic E-state index is 12.3. The van der Waals surface area contributed by atoms with Crippen LogP contribution < -0.4 is 11.2 Å². The van der Waals surface area contributed by atoms with Gasteiger partial charge >= 0.3 is 5.69 Å². The fraction of sp³-hybridized carbons (Fsp3) is 0.688. The summed E-state index contributed by atoms with van der Waals surface area (Å²) in [5, 5.41) is 0. The lowest BCUT2D eigenvalue weighted by atomic mass is 9.97. The molecule has 3 heterocycles. The van der Waals surface area contributed by atoms with E-state index in [-0.39, 0.29) is 12.5 Å². The van der Waals surface area contributed by atoms with E-state index in [2.05, 4.69) is 16.8 Å². The zero-order valence-electron chi connectivity index (χ0n) is 13.7. The standard InChI is InChI=1S/C16H24N4O3/c1-11-7-19(16(23)17-15(11)22)10-14(21)18-8-13(9-18)20-6-4-3-5-12(20)2/h7,12-13H,3-6,8-10H2,1-2H3,(H,17,22,23)/t12-/m1/s1. The van der Waals surface area contributed by atoms with Gasteiger partial charge in [0.25, 0.3) is 5.56 Å². The van der Waals surface area contributed by atoms with Crippen LogP contribution in [0.15, 0.2) is 15.8 Å². The highest BCUT2D eigenvalue weighted by molar-refractivity contribution is 5.77. The number of hydrogen-bond acceptors (Lipinski definition) is 4. The van der Waals surface area contributed by atoms with Crippen molar-refractivity contribution >= 4 is 5.91 Å². The molecule has 0 aromatic carbocycles. The number of likely N-dealkylation sites (tertiary alicyclic amines) is 2. The molecule has 0 saturated carbocycles. The van der Waals surface area contributed by atoms with Gasteiger partial charge in [-0.3, -0.25) is 24.0 Å². The van der Waals surface area contributed by atoms with Crippen LogP contribution in [-0.4, -0.2) is 57.0 Å². The predicted molar refractivity (Wildman–Crippen MR) is 86.4 cm³/mol. The van der Waals surface area contributed by atoms with Gasteiger partial charge in [-0.05, 0) is 33.2 Å². The molecule has 126 valence electrons. The monoisotopic (exact) mass is 320 g/mol. The third-order valence-corrected chi connectivity index (χ3v) is 5.03. The number of rotatable bonds is 3. The van der Waals surface area contributed by atoms with Gasteiger partial charge < -0.3 is 4.90 Å². The van der Waals surface area contributed by atoms with Crippen molar-refractivity contribution in [2.45, 2.75) is 51.7 Å². The summed E-state index contributed by atoms with van der Waals surface area (Å²) in [5.74, 6) is -0.0699. The second-order valence-electron chi connectivity index (χ2n) is 6.73. The molecule has 3 rings (SSSR count). The molecule has 0 bridgehead atoms. The number of carbonyl (C=O) groups excluding carboxylic acids is 1. The molecule has 0 spiro atoms. The Hall–Kier alpha value is -1.89. The Morgan fingerprint density at radius 3 is 2.74 bits per heavy atom. The van der Waals surface area contributed by atoms with Crippen molar-refractivity contribution in [1.29, 1.82) is 0 Å². The highest BCUT2D eigenvalue weighted by Gasteiger charge is 2.37. The molecular formula is C16H24N4O3. The molecule has 1 aromatic heterocycles. The highest BCUT2D eigenvalue weighted by atomic mass is 16.2. The lowest BCUT2D eigenvalue weighted by molar-refractivity contribution is -0.140. The van der Waals surface area contributed by atoms with Crippen molar-refractivity contribution in [3.8, 4) is 0 Å². The largest absolute Gasteiger partial charge is 0.338 e. The van der Waals surface area contributed by atoms with Crippen LogP contribution in [0, 0.1) is 6.92 Å². The summed E-state index contributed by atoms with van der Waals surface area (Å²) in [7, 11) is 0.